The largest absolute Gasteiger partial charge is 0.374 e. The number of aromatic nitrogens is 2. The Morgan fingerprint density at radius 2 is 1.64 bits per heavy atom. The summed E-state index contributed by atoms with van der Waals surface area (Å²) in [5.41, 5.74) is 7.27. The number of hydrogen-bond acceptors (Lipinski definition) is 5. The van der Waals surface area contributed by atoms with E-state index in [2.05, 4.69) is 10.2 Å². The molecule has 1 aromatic heterocycles. The fourth-order valence-electron chi connectivity index (χ4n) is 2.06. The van der Waals surface area contributed by atoms with Gasteiger partial charge in [0.25, 0.3) is 5.91 Å². The Kier molecular flexibility index (Phi) is 4.11. The summed E-state index contributed by atoms with van der Waals surface area (Å²) in [6.07, 6.45) is 0. The molecule has 0 unspecified atom stereocenters. The Morgan fingerprint density at radius 3 is 2.23 bits per heavy atom. The summed E-state index contributed by atoms with van der Waals surface area (Å²) in [6.45, 7) is 0.420. The average molecular weight is 310 g/mol. The summed E-state index contributed by atoms with van der Waals surface area (Å²) >= 11 is 1.20. The molecule has 22 heavy (non-hydrogen) atoms. The molecule has 0 bridgehead atoms. The summed E-state index contributed by atoms with van der Waals surface area (Å²) < 4.78 is 0. The first-order valence-electron chi connectivity index (χ1n) is 6.74. The van der Waals surface area contributed by atoms with E-state index in [-0.39, 0.29) is 5.91 Å². The van der Waals surface area contributed by atoms with E-state index in [4.69, 9.17) is 5.73 Å². The first-order chi connectivity index (χ1) is 10.7. The highest BCUT2D eigenvalue weighted by atomic mass is 32.1. The number of carbonyl (C=O) groups is 1. The van der Waals surface area contributed by atoms with Crippen LogP contribution in [-0.2, 0) is 6.54 Å². The van der Waals surface area contributed by atoms with Crippen molar-refractivity contribution in [2.75, 3.05) is 10.6 Å². The lowest BCUT2D eigenvalue weighted by atomic mass is 10.1. The van der Waals surface area contributed by atoms with Gasteiger partial charge in [0.2, 0.25) is 10.3 Å². The molecule has 2 aromatic carbocycles. The molecule has 3 aromatic rings. The molecule has 0 radical (unpaired) electrons. The van der Waals surface area contributed by atoms with Crippen molar-refractivity contribution in [3.8, 4) is 0 Å². The molecule has 3 rings (SSSR count). The Labute approximate surface area is 132 Å². The van der Waals surface area contributed by atoms with E-state index in [1.807, 2.05) is 48.5 Å². The predicted molar refractivity (Wildman–Crippen MR) is 87.7 cm³/mol. The Bertz CT molecular complexity index is 758. The second-order valence-corrected chi connectivity index (χ2v) is 5.65. The lowest BCUT2D eigenvalue weighted by Crippen LogP contribution is -2.30. The Hall–Kier alpha value is -2.73. The van der Waals surface area contributed by atoms with Crippen molar-refractivity contribution in [2.45, 2.75) is 6.54 Å². The van der Waals surface area contributed by atoms with Crippen LogP contribution in [0.25, 0.3) is 0 Å². The van der Waals surface area contributed by atoms with Crippen molar-refractivity contribution >= 4 is 27.5 Å². The van der Waals surface area contributed by atoms with Crippen LogP contribution in [0.15, 0.2) is 60.7 Å². The standard InChI is InChI=1S/C16H14N4OS/c17-15-18-19-16(22-15)20(11-12-7-3-1-4-8-12)14(21)13-9-5-2-6-10-13/h1-10H,11H2,(H2,17,18). The number of nitrogen functional groups attached to an aromatic ring is 1. The predicted octanol–water partition coefficient (Wildman–Crippen LogP) is 2.97. The van der Waals surface area contributed by atoms with Crippen LogP contribution in [0.5, 0.6) is 0 Å². The lowest BCUT2D eigenvalue weighted by Gasteiger charge is -2.19. The number of hydrogen-bond donors (Lipinski definition) is 1. The maximum atomic E-state index is 12.8. The molecule has 1 heterocycles. The minimum atomic E-state index is -0.124. The molecular formula is C16H14N4OS. The molecular weight excluding hydrogens is 296 g/mol. The maximum Gasteiger partial charge on any atom is 0.260 e. The van der Waals surface area contributed by atoms with Crippen molar-refractivity contribution in [2.24, 2.45) is 0 Å². The molecule has 0 aliphatic heterocycles. The van der Waals surface area contributed by atoms with E-state index in [1.54, 1.807) is 17.0 Å². The van der Waals surface area contributed by atoms with Gasteiger partial charge in [-0.3, -0.25) is 9.69 Å². The number of benzene rings is 2. The highest BCUT2D eigenvalue weighted by molar-refractivity contribution is 7.19. The molecule has 0 aliphatic carbocycles. The van der Waals surface area contributed by atoms with E-state index in [9.17, 15) is 4.79 Å². The van der Waals surface area contributed by atoms with Gasteiger partial charge in [-0.15, -0.1) is 10.2 Å². The molecule has 1 amide bonds. The van der Waals surface area contributed by atoms with Gasteiger partial charge in [-0.05, 0) is 17.7 Å². The van der Waals surface area contributed by atoms with Crippen LogP contribution in [0, 0.1) is 0 Å². The SMILES string of the molecule is Nc1nnc(N(Cc2ccccc2)C(=O)c2ccccc2)s1. The highest BCUT2D eigenvalue weighted by Crippen LogP contribution is 2.25. The van der Waals surface area contributed by atoms with Gasteiger partial charge < -0.3 is 5.73 Å². The smallest absolute Gasteiger partial charge is 0.260 e. The van der Waals surface area contributed by atoms with Gasteiger partial charge in [0.1, 0.15) is 0 Å². The molecule has 110 valence electrons. The Balaban J connectivity index is 1.94. The van der Waals surface area contributed by atoms with Gasteiger partial charge in [-0.2, -0.15) is 0 Å². The third kappa shape index (κ3) is 3.12. The number of amides is 1. The number of carbonyl (C=O) groups excluding carboxylic acids is 1. The van der Waals surface area contributed by atoms with Crippen LogP contribution in [0.2, 0.25) is 0 Å². The van der Waals surface area contributed by atoms with Crippen LogP contribution in [-0.4, -0.2) is 16.1 Å². The topological polar surface area (TPSA) is 72.1 Å². The lowest BCUT2D eigenvalue weighted by molar-refractivity contribution is 0.0985. The van der Waals surface area contributed by atoms with Crippen molar-refractivity contribution in [1.29, 1.82) is 0 Å². The molecule has 5 nitrogen and oxygen atoms in total. The molecule has 0 spiro atoms. The van der Waals surface area contributed by atoms with Crippen molar-refractivity contribution in [3.63, 3.8) is 0 Å². The third-order valence-electron chi connectivity index (χ3n) is 3.11. The van der Waals surface area contributed by atoms with Crippen molar-refractivity contribution in [1.82, 2.24) is 10.2 Å². The molecule has 0 aliphatic rings. The van der Waals surface area contributed by atoms with Crippen LogP contribution >= 0.6 is 11.3 Å². The highest BCUT2D eigenvalue weighted by Gasteiger charge is 2.21. The summed E-state index contributed by atoms with van der Waals surface area (Å²) in [6, 6.07) is 18.9. The zero-order valence-corrected chi connectivity index (χ0v) is 12.5. The number of nitrogens with two attached hydrogens (primary N) is 1. The van der Waals surface area contributed by atoms with Crippen LogP contribution in [0.3, 0.4) is 0 Å². The number of rotatable bonds is 4. The summed E-state index contributed by atoms with van der Waals surface area (Å²) in [5.74, 6) is -0.124. The van der Waals surface area contributed by atoms with Gasteiger partial charge in [0.15, 0.2) is 0 Å². The number of nitrogens with zero attached hydrogens (tertiary/aromatic N) is 3. The normalized spacial score (nSPS) is 10.4. The van der Waals surface area contributed by atoms with Crippen molar-refractivity contribution < 1.29 is 4.79 Å². The minimum absolute atomic E-state index is 0.124. The number of anilines is 2. The molecule has 0 fully saturated rings. The summed E-state index contributed by atoms with van der Waals surface area (Å²) in [4.78, 5) is 14.4. The quantitative estimate of drug-likeness (QED) is 0.804. The molecule has 6 heteroatoms. The second-order valence-electron chi connectivity index (χ2n) is 4.67. The van der Waals surface area contributed by atoms with E-state index < -0.39 is 0 Å². The fourth-order valence-corrected chi connectivity index (χ4v) is 2.67. The van der Waals surface area contributed by atoms with Crippen LogP contribution in [0.4, 0.5) is 10.3 Å². The van der Waals surface area contributed by atoms with E-state index in [0.29, 0.717) is 22.4 Å². The molecule has 0 saturated carbocycles. The first-order valence-corrected chi connectivity index (χ1v) is 7.55. The van der Waals surface area contributed by atoms with Gasteiger partial charge >= 0.3 is 0 Å². The minimum Gasteiger partial charge on any atom is -0.374 e. The van der Waals surface area contributed by atoms with Crippen LogP contribution in [0.1, 0.15) is 15.9 Å². The summed E-state index contributed by atoms with van der Waals surface area (Å²) in [5, 5.41) is 8.65. The van der Waals surface area contributed by atoms with Gasteiger partial charge in [-0.25, -0.2) is 0 Å². The molecule has 0 saturated heterocycles. The first kappa shape index (κ1) is 14.2. The fraction of sp³-hybridized carbons (Fsp3) is 0.0625. The average Bonchev–Trinajstić information content (AvgIpc) is 3.00. The summed E-state index contributed by atoms with van der Waals surface area (Å²) in [7, 11) is 0. The monoisotopic (exact) mass is 310 g/mol. The van der Waals surface area contributed by atoms with Gasteiger partial charge in [0.05, 0.1) is 6.54 Å². The van der Waals surface area contributed by atoms with Crippen LogP contribution < -0.4 is 10.6 Å². The van der Waals surface area contributed by atoms with E-state index in [0.717, 1.165) is 5.56 Å². The van der Waals surface area contributed by atoms with Crippen molar-refractivity contribution in [3.05, 3.63) is 71.8 Å². The van der Waals surface area contributed by atoms with E-state index >= 15 is 0 Å². The Morgan fingerprint density at radius 1 is 1.00 bits per heavy atom. The van der Waals surface area contributed by atoms with E-state index in [1.165, 1.54) is 11.3 Å². The third-order valence-corrected chi connectivity index (χ3v) is 3.89. The van der Waals surface area contributed by atoms with Gasteiger partial charge in [0, 0.05) is 5.56 Å². The zero-order chi connectivity index (χ0) is 15.4. The van der Waals surface area contributed by atoms with Gasteiger partial charge in [-0.1, -0.05) is 59.9 Å². The maximum absolute atomic E-state index is 12.8. The zero-order valence-electron chi connectivity index (χ0n) is 11.7. The second kappa shape index (κ2) is 6.36. The molecule has 2 N–H and O–H groups in total. The molecule has 0 atom stereocenters.